The Kier molecular flexibility index (Phi) is 6.21. The van der Waals surface area contributed by atoms with Crippen molar-refractivity contribution in [1.29, 1.82) is 0 Å². The summed E-state index contributed by atoms with van der Waals surface area (Å²) in [6, 6.07) is 17.2. The van der Waals surface area contributed by atoms with Gasteiger partial charge in [0.1, 0.15) is 6.54 Å². The number of fused-ring (bicyclic) bond motifs is 1. The van der Waals surface area contributed by atoms with Crippen LogP contribution in [0.2, 0.25) is 0 Å². The highest BCUT2D eigenvalue weighted by Gasteiger charge is 2.26. The zero-order valence-electron chi connectivity index (χ0n) is 19.7. The Labute approximate surface area is 207 Å². The first kappa shape index (κ1) is 23.0. The smallest absolute Gasteiger partial charge is 0.275 e. The minimum atomic E-state index is -0.283. The molecule has 178 valence electrons. The Morgan fingerprint density at radius 2 is 1.63 bits per heavy atom. The van der Waals surface area contributed by atoms with E-state index in [0.717, 1.165) is 22.1 Å². The highest BCUT2D eigenvalue weighted by molar-refractivity contribution is 7.12. The molecule has 0 N–H and O–H groups in total. The van der Waals surface area contributed by atoms with Gasteiger partial charge in [-0.15, -0.1) is 11.3 Å². The van der Waals surface area contributed by atoms with Gasteiger partial charge in [-0.05, 0) is 43.0 Å². The van der Waals surface area contributed by atoms with Crippen molar-refractivity contribution in [3.05, 3.63) is 86.3 Å². The van der Waals surface area contributed by atoms with Gasteiger partial charge in [-0.2, -0.15) is 5.10 Å². The van der Waals surface area contributed by atoms with E-state index in [1.165, 1.54) is 16.0 Å². The highest BCUT2D eigenvalue weighted by Crippen LogP contribution is 2.28. The number of thiophene rings is 1. The maximum absolute atomic E-state index is 13.2. The number of piperazine rings is 1. The maximum Gasteiger partial charge on any atom is 0.275 e. The van der Waals surface area contributed by atoms with E-state index < -0.39 is 0 Å². The van der Waals surface area contributed by atoms with E-state index in [1.807, 2.05) is 61.7 Å². The van der Waals surface area contributed by atoms with Gasteiger partial charge >= 0.3 is 0 Å². The van der Waals surface area contributed by atoms with Crippen molar-refractivity contribution in [3.63, 3.8) is 0 Å². The standard InChI is InChI=1S/C27H26N4O3S/c1-18-9-10-19(2)22(16-18)25-20-6-3-4-7-21(20)26(33)31(28-25)17-24(32)29-11-13-30(14-12-29)27(34)23-8-5-15-35-23/h3-10,15-16H,11-14,17H2,1-2H3. The predicted octanol–water partition coefficient (Wildman–Crippen LogP) is 3.73. The summed E-state index contributed by atoms with van der Waals surface area (Å²) in [4.78, 5) is 43.2. The Hall–Kier alpha value is -3.78. The summed E-state index contributed by atoms with van der Waals surface area (Å²) in [6.07, 6.45) is 0. The minimum absolute atomic E-state index is 0.00215. The van der Waals surface area contributed by atoms with Crippen molar-refractivity contribution in [3.8, 4) is 11.3 Å². The maximum atomic E-state index is 13.2. The zero-order valence-corrected chi connectivity index (χ0v) is 20.5. The molecule has 8 heteroatoms. The number of carbonyl (C=O) groups excluding carboxylic acids is 2. The lowest BCUT2D eigenvalue weighted by Crippen LogP contribution is -2.51. The number of hydrogen-bond acceptors (Lipinski definition) is 5. The molecule has 0 radical (unpaired) electrons. The lowest BCUT2D eigenvalue weighted by atomic mass is 9.99. The number of hydrogen-bond donors (Lipinski definition) is 0. The Bertz CT molecular complexity index is 1470. The van der Waals surface area contributed by atoms with Crippen molar-refractivity contribution in [1.82, 2.24) is 19.6 Å². The second kappa shape index (κ2) is 9.46. The summed E-state index contributed by atoms with van der Waals surface area (Å²) < 4.78 is 1.28. The summed E-state index contributed by atoms with van der Waals surface area (Å²) in [5.41, 5.74) is 3.51. The highest BCUT2D eigenvalue weighted by atomic mass is 32.1. The second-order valence-corrected chi connectivity index (χ2v) is 9.77. The van der Waals surface area contributed by atoms with Gasteiger partial charge in [-0.1, -0.05) is 42.0 Å². The van der Waals surface area contributed by atoms with E-state index in [9.17, 15) is 14.4 Å². The molecule has 0 aliphatic carbocycles. The molecular weight excluding hydrogens is 460 g/mol. The third-order valence-electron chi connectivity index (χ3n) is 6.45. The molecule has 1 aliphatic rings. The van der Waals surface area contributed by atoms with Crippen LogP contribution in [0.15, 0.2) is 64.8 Å². The van der Waals surface area contributed by atoms with Crippen LogP contribution >= 0.6 is 11.3 Å². The van der Waals surface area contributed by atoms with Crippen molar-refractivity contribution < 1.29 is 9.59 Å². The van der Waals surface area contributed by atoms with Crippen LogP contribution in [0.25, 0.3) is 22.0 Å². The van der Waals surface area contributed by atoms with Gasteiger partial charge in [0.15, 0.2) is 0 Å². The molecule has 0 spiro atoms. The van der Waals surface area contributed by atoms with E-state index in [-0.39, 0.29) is 23.9 Å². The third-order valence-corrected chi connectivity index (χ3v) is 7.31. The van der Waals surface area contributed by atoms with E-state index in [2.05, 4.69) is 11.2 Å². The number of rotatable bonds is 4. The molecule has 1 saturated heterocycles. The number of aryl methyl sites for hydroxylation is 2. The molecule has 3 heterocycles. The lowest BCUT2D eigenvalue weighted by molar-refractivity contribution is -0.133. The molecule has 0 unspecified atom stereocenters. The molecular formula is C27H26N4O3S. The minimum Gasteiger partial charge on any atom is -0.338 e. The quantitative estimate of drug-likeness (QED) is 0.441. The summed E-state index contributed by atoms with van der Waals surface area (Å²) in [5, 5.41) is 7.87. The molecule has 5 rings (SSSR count). The monoisotopic (exact) mass is 486 g/mol. The number of carbonyl (C=O) groups is 2. The summed E-state index contributed by atoms with van der Waals surface area (Å²) in [7, 11) is 0. The van der Waals surface area contributed by atoms with Gasteiger partial charge in [0.25, 0.3) is 11.5 Å². The van der Waals surface area contributed by atoms with E-state index >= 15 is 0 Å². The van der Waals surface area contributed by atoms with E-state index in [4.69, 9.17) is 0 Å². The van der Waals surface area contributed by atoms with E-state index in [1.54, 1.807) is 15.9 Å². The second-order valence-electron chi connectivity index (χ2n) is 8.83. The first-order chi connectivity index (χ1) is 16.9. The number of amides is 2. The number of aromatic nitrogens is 2. The van der Waals surface area contributed by atoms with Gasteiger partial charge in [0.2, 0.25) is 5.91 Å². The van der Waals surface area contributed by atoms with Crippen LogP contribution in [-0.4, -0.2) is 57.6 Å². The molecule has 2 aromatic carbocycles. The average molecular weight is 487 g/mol. The van der Waals surface area contributed by atoms with Crippen molar-refractivity contribution >= 4 is 33.9 Å². The molecule has 0 bridgehead atoms. The predicted molar refractivity (Wildman–Crippen MR) is 138 cm³/mol. The normalized spacial score (nSPS) is 13.9. The van der Waals surface area contributed by atoms with Gasteiger partial charge < -0.3 is 9.80 Å². The van der Waals surface area contributed by atoms with Gasteiger partial charge in [0, 0.05) is 37.1 Å². The average Bonchev–Trinajstić information content (AvgIpc) is 3.42. The van der Waals surface area contributed by atoms with Gasteiger partial charge in [0.05, 0.1) is 16.0 Å². The molecule has 7 nitrogen and oxygen atoms in total. The van der Waals surface area contributed by atoms with Gasteiger partial charge in [-0.25, -0.2) is 4.68 Å². The largest absolute Gasteiger partial charge is 0.338 e. The lowest BCUT2D eigenvalue weighted by Gasteiger charge is -2.34. The summed E-state index contributed by atoms with van der Waals surface area (Å²) in [6.45, 7) is 5.70. The molecule has 1 fully saturated rings. The fourth-order valence-electron chi connectivity index (χ4n) is 4.48. The fourth-order valence-corrected chi connectivity index (χ4v) is 5.17. The molecule has 35 heavy (non-hydrogen) atoms. The molecule has 2 amide bonds. The van der Waals surface area contributed by atoms with E-state index in [0.29, 0.717) is 42.1 Å². The first-order valence-electron chi connectivity index (χ1n) is 11.6. The van der Waals surface area contributed by atoms with Crippen LogP contribution in [0, 0.1) is 13.8 Å². The Balaban J connectivity index is 1.40. The third kappa shape index (κ3) is 4.49. The Morgan fingerprint density at radius 3 is 2.34 bits per heavy atom. The Morgan fingerprint density at radius 1 is 0.914 bits per heavy atom. The molecule has 4 aromatic rings. The van der Waals surface area contributed by atoms with Crippen LogP contribution in [0.4, 0.5) is 0 Å². The van der Waals surface area contributed by atoms with Gasteiger partial charge in [-0.3, -0.25) is 14.4 Å². The van der Waals surface area contributed by atoms with Crippen LogP contribution in [0.5, 0.6) is 0 Å². The van der Waals surface area contributed by atoms with Crippen LogP contribution in [0.3, 0.4) is 0 Å². The topological polar surface area (TPSA) is 75.5 Å². The van der Waals surface area contributed by atoms with Crippen molar-refractivity contribution in [2.75, 3.05) is 26.2 Å². The number of benzene rings is 2. The van der Waals surface area contributed by atoms with Crippen LogP contribution in [-0.2, 0) is 11.3 Å². The first-order valence-corrected chi connectivity index (χ1v) is 12.5. The van der Waals surface area contributed by atoms with Crippen molar-refractivity contribution in [2.45, 2.75) is 20.4 Å². The van der Waals surface area contributed by atoms with Crippen LogP contribution < -0.4 is 5.56 Å². The zero-order chi connectivity index (χ0) is 24.5. The fraction of sp³-hybridized carbons (Fsp3) is 0.259. The SMILES string of the molecule is Cc1ccc(C)c(-c2nn(CC(=O)N3CCN(C(=O)c4cccs4)CC3)c(=O)c3ccccc23)c1. The van der Waals surface area contributed by atoms with Crippen LogP contribution in [0.1, 0.15) is 20.8 Å². The summed E-state index contributed by atoms with van der Waals surface area (Å²) >= 11 is 1.42. The molecule has 1 aliphatic heterocycles. The summed E-state index contributed by atoms with van der Waals surface area (Å²) in [5.74, 6) is -0.178. The molecule has 0 atom stereocenters. The molecule has 0 saturated carbocycles. The number of nitrogens with zero attached hydrogens (tertiary/aromatic N) is 4. The molecule has 2 aromatic heterocycles. The van der Waals surface area contributed by atoms with Crippen molar-refractivity contribution in [2.24, 2.45) is 0 Å².